The van der Waals surface area contributed by atoms with E-state index in [0.29, 0.717) is 0 Å². The number of anilines is 1. The monoisotopic (exact) mass is 290 g/mol. The lowest BCUT2D eigenvalue weighted by Crippen LogP contribution is -2.38. The van der Waals surface area contributed by atoms with Crippen molar-refractivity contribution in [2.45, 2.75) is 46.1 Å². The van der Waals surface area contributed by atoms with E-state index in [2.05, 4.69) is 17.6 Å². The van der Waals surface area contributed by atoms with Crippen LogP contribution in [-0.4, -0.2) is 25.1 Å². The lowest BCUT2D eigenvalue weighted by molar-refractivity contribution is -0.125. The summed E-state index contributed by atoms with van der Waals surface area (Å²) in [5.74, 6) is 0.959. The Hall–Kier alpha value is -1.55. The van der Waals surface area contributed by atoms with E-state index in [9.17, 15) is 4.79 Å². The number of benzene rings is 1. The van der Waals surface area contributed by atoms with Gasteiger partial charge < -0.3 is 15.4 Å². The van der Waals surface area contributed by atoms with Gasteiger partial charge >= 0.3 is 0 Å². The molecule has 1 heterocycles. The molecule has 0 spiro atoms. The van der Waals surface area contributed by atoms with Crippen molar-refractivity contribution in [3.8, 4) is 5.75 Å². The third-order valence-electron chi connectivity index (χ3n) is 3.94. The largest absolute Gasteiger partial charge is 0.491 e. The molecule has 4 heteroatoms. The van der Waals surface area contributed by atoms with Gasteiger partial charge in [-0.1, -0.05) is 13.3 Å². The number of amides is 1. The zero-order chi connectivity index (χ0) is 15.3. The Balaban J connectivity index is 2.01. The summed E-state index contributed by atoms with van der Waals surface area (Å²) in [6, 6.07) is 7.60. The fourth-order valence-corrected chi connectivity index (χ4v) is 2.90. The molecule has 0 aromatic heterocycles. The molecule has 1 atom stereocenters. The van der Waals surface area contributed by atoms with Crippen LogP contribution >= 0.6 is 0 Å². The molecule has 1 aliphatic rings. The molecule has 0 aliphatic carbocycles. The minimum absolute atomic E-state index is 0.131. The molecular formula is C17H26N2O2. The number of carbonyl (C=O) groups is 1. The summed E-state index contributed by atoms with van der Waals surface area (Å²) in [6.45, 7) is 7.83. The lowest BCUT2D eigenvalue weighted by Gasteiger charge is -2.26. The topological polar surface area (TPSA) is 50.4 Å². The molecule has 1 fully saturated rings. The number of nitrogens with one attached hydrogen (secondary N) is 2. The first-order chi connectivity index (χ1) is 10.1. The smallest absolute Gasteiger partial charge is 0.231 e. The predicted molar refractivity (Wildman–Crippen MR) is 85.7 cm³/mol. The first kappa shape index (κ1) is 15.8. The second-order valence-corrected chi connectivity index (χ2v) is 6.10. The van der Waals surface area contributed by atoms with Crippen molar-refractivity contribution in [1.82, 2.24) is 5.32 Å². The molecule has 4 nitrogen and oxygen atoms in total. The van der Waals surface area contributed by atoms with Gasteiger partial charge in [0.1, 0.15) is 5.75 Å². The van der Waals surface area contributed by atoms with Gasteiger partial charge in [-0.2, -0.15) is 0 Å². The Kier molecular flexibility index (Phi) is 5.23. The molecule has 116 valence electrons. The van der Waals surface area contributed by atoms with Crippen LogP contribution in [0.2, 0.25) is 0 Å². The average molecular weight is 290 g/mol. The van der Waals surface area contributed by atoms with Crippen molar-refractivity contribution < 1.29 is 9.53 Å². The van der Waals surface area contributed by atoms with Crippen molar-refractivity contribution in [2.24, 2.45) is 5.41 Å². The SMILES string of the molecule is CCCC1(C(=O)Nc2ccc(OC(C)C)cc2)CCNC1. The Morgan fingerprint density at radius 3 is 2.62 bits per heavy atom. The first-order valence-corrected chi connectivity index (χ1v) is 7.84. The number of rotatable bonds is 6. The van der Waals surface area contributed by atoms with Gasteiger partial charge in [0, 0.05) is 12.2 Å². The third-order valence-corrected chi connectivity index (χ3v) is 3.94. The molecule has 2 rings (SSSR count). The predicted octanol–water partition coefficient (Wildman–Crippen LogP) is 3.19. The van der Waals surface area contributed by atoms with E-state index in [1.54, 1.807) is 0 Å². The molecule has 1 amide bonds. The summed E-state index contributed by atoms with van der Waals surface area (Å²) < 4.78 is 5.61. The molecule has 21 heavy (non-hydrogen) atoms. The van der Waals surface area contributed by atoms with Gasteiger partial charge in [-0.25, -0.2) is 0 Å². The fraction of sp³-hybridized carbons (Fsp3) is 0.588. The van der Waals surface area contributed by atoms with Crippen LogP contribution in [0.3, 0.4) is 0 Å². The lowest BCUT2D eigenvalue weighted by atomic mass is 9.81. The van der Waals surface area contributed by atoms with Crippen molar-refractivity contribution in [3.63, 3.8) is 0 Å². The molecule has 1 saturated heterocycles. The number of carbonyl (C=O) groups excluding carboxylic acids is 1. The molecule has 1 aliphatic heterocycles. The molecule has 0 saturated carbocycles. The number of hydrogen-bond acceptors (Lipinski definition) is 3. The zero-order valence-electron chi connectivity index (χ0n) is 13.2. The van der Waals surface area contributed by atoms with E-state index in [1.807, 2.05) is 38.1 Å². The summed E-state index contributed by atoms with van der Waals surface area (Å²) >= 11 is 0. The van der Waals surface area contributed by atoms with Crippen LogP contribution in [0.5, 0.6) is 5.75 Å². The average Bonchev–Trinajstić information content (AvgIpc) is 2.91. The summed E-state index contributed by atoms with van der Waals surface area (Å²) in [4.78, 5) is 12.6. The second-order valence-electron chi connectivity index (χ2n) is 6.10. The van der Waals surface area contributed by atoms with E-state index < -0.39 is 0 Å². The maximum absolute atomic E-state index is 12.6. The van der Waals surface area contributed by atoms with Crippen LogP contribution in [0.25, 0.3) is 0 Å². The molecule has 1 aromatic carbocycles. The van der Waals surface area contributed by atoms with Gasteiger partial charge in [0.25, 0.3) is 0 Å². The Bertz CT molecular complexity index is 462. The quantitative estimate of drug-likeness (QED) is 0.846. The van der Waals surface area contributed by atoms with Gasteiger partial charge in [-0.15, -0.1) is 0 Å². The van der Waals surface area contributed by atoms with E-state index in [-0.39, 0.29) is 17.4 Å². The summed E-state index contributed by atoms with van der Waals surface area (Å²) in [5.41, 5.74) is 0.584. The Labute approximate surface area is 127 Å². The van der Waals surface area contributed by atoms with Crippen LogP contribution < -0.4 is 15.4 Å². The Morgan fingerprint density at radius 1 is 1.38 bits per heavy atom. The first-order valence-electron chi connectivity index (χ1n) is 7.84. The fourth-order valence-electron chi connectivity index (χ4n) is 2.90. The van der Waals surface area contributed by atoms with E-state index in [0.717, 1.165) is 43.8 Å². The van der Waals surface area contributed by atoms with E-state index in [1.165, 1.54) is 0 Å². The highest BCUT2D eigenvalue weighted by molar-refractivity contribution is 5.95. The molecule has 1 unspecified atom stereocenters. The third kappa shape index (κ3) is 3.97. The van der Waals surface area contributed by atoms with Gasteiger partial charge in [-0.3, -0.25) is 4.79 Å². The number of hydrogen-bond donors (Lipinski definition) is 2. The van der Waals surface area contributed by atoms with Gasteiger partial charge in [0.05, 0.1) is 11.5 Å². The molecule has 2 N–H and O–H groups in total. The van der Waals surface area contributed by atoms with Crippen molar-refractivity contribution in [1.29, 1.82) is 0 Å². The van der Waals surface area contributed by atoms with Crippen LogP contribution in [0, 0.1) is 5.41 Å². The highest BCUT2D eigenvalue weighted by Gasteiger charge is 2.40. The van der Waals surface area contributed by atoms with Crippen molar-refractivity contribution in [2.75, 3.05) is 18.4 Å². The highest BCUT2D eigenvalue weighted by Crippen LogP contribution is 2.32. The van der Waals surface area contributed by atoms with Gasteiger partial charge in [-0.05, 0) is 57.5 Å². The summed E-state index contributed by atoms with van der Waals surface area (Å²) in [5, 5.41) is 6.37. The molecule has 0 radical (unpaired) electrons. The van der Waals surface area contributed by atoms with Gasteiger partial charge in [0.15, 0.2) is 0 Å². The normalized spacial score (nSPS) is 21.5. The molecule has 0 bridgehead atoms. The number of ether oxygens (including phenoxy) is 1. The minimum atomic E-state index is -0.248. The van der Waals surface area contributed by atoms with Gasteiger partial charge in [0.2, 0.25) is 5.91 Å². The van der Waals surface area contributed by atoms with Crippen LogP contribution in [0.4, 0.5) is 5.69 Å². The van der Waals surface area contributed by atoms with Crippen molar-refractivity contribution >= 4 is 11.6 Å². The van der Waals surface area contributed by atoms with Crippen LogP contribution in [0.1, 0.15) is 40.0 Å². The standard InChI is InChI=1S/C17H26N2O2/c1-4-9-17(10-11-18-12-17)16(20)19-14-5-7-15(8-6-14)21-13(2)3/h5-8,13,18H,4,9-12H2,1-3H3,(H,19,20). The summed E-state index contributed by atoms with van der Waals surface area (Å²) in [6.07, 6.45) is 3.03. The maximum Gasteiger partial charge on any atom is 0.231 e. The Morgan fingerprint density at radius 2 is 2.10 bits per heavy atom. The van der Waals surface area contributed by atoms with E-state index in [4.69, 9.17) is 4.74 Å². The zero-order valence-corrected chi connectivity index (χ0v) is 13.2. The van der Waals surface area contributed by atoms with Crippen molar-refractivity contribution in [3.05, 3.63) is 24.3 Å². The molecular weight excluding hydrogens is 264 g/mol. The maximum atomic E-state index is 12.6. The highest BCUT2D eigenvalue weighted by atomic mass is 16.5. The molecule has 1 aromatic rings. The van der Waals surface area contributed by atoms with Crippen LogP contribution in [-0.2, 0) is 4.79 Å². The second kappa shape index (κ2) is 6.94. The van der Waals surface area contributed by atoms with E-state index >= 15 is 0 Å². The minimum Gasteiger partial charge on any atom is -0.491 e. The summed E-state index contributed by atoms with van der Waals surface area (Å²) in [7, 11) is 0. The van der Waals surface area contributed by atoms with Crippen LogP contribution in [0.15, 0.2) is 24.3 Å².